The van der Waals surface area contributed by atoms with Gasteiger partial charge in [0.2, 0.25) is 0 Å². The first kappa shape index (κ1) is 25.6. The van der Waals surface area contributed by atoms with Gasteiger partial charge in [0.05, 0.1) is 0 Å². The van der Waals surface area contributed by atoms with Gasteiger partial charge in [0.1, 0.15) is 0 Å². The third-order valence-electron chi connectivity index (χ3n) is 3.06. The van der Waals surface area contributed by atoms with Crippen molar-refractivity contribution in [1.82, 2.24) is 0 Å². The van der Waals surface area contributed by atoms with Crippen LogP contribution in [0.15, 0.2) is 72.8 Å². The normalized spacial score (nSPS) is 8.76. The summed E-state index contributed by atoms with van der Waals surface area (Å²) >= 11 is 8.79. The van der Waals surface area contributed by atoms with Crippen molar-refractivity contribution in [3.05, 3.63) is 89.5 Å². The maximum atomic E-state index is 2.93. The Morgan fingerprint density at radius 1 is 0.400 bits per heavy atom. The van der Waals surface area contributed by atoms with E-state index in [-0.39, 0.29) is 40.4 Å². The number of aryl methyl sites for hydroxylation is 3. The van der Waals surface area contributed by atoms with Crippen molar-refractivity contribution >= 4 is 61.4 Å². The summed E-state index contributed by atoms with van der Waals surface area (Å²) in [7, 11) is 0. The second-order valence-corrected chi connectivity index (χ2v) is 8.41. The Balaban J connectivity index is 0.000000339. The van der Waals surface area contributed by atoms with Crippen LogP contribution in [0, 0.1) is 61.2 Å². The molecular weight excluding hydrogens is 639 g/mol. The molecule has 0 unspecified atom stereocenters. The number of hydrogen-bond donors (Lipinski definition) is 0. The fourth-order valence-electron chi connectivity index (χ4n) is 1.61. The third-order valence-corrected chi connectivity index (χ3v) is 4.78. The van der Waals surface area contributed by atoms with E-state index in [0.29, 0.717) is 0 Å². The van der Waals surface area contributed by atoms with Gasteiger partial charge in [-0.25, -0.2) is 0 Å². The summed E-state index contributed by atoms with van der Waals surface area (Å²) in [6.45, 7) is 6.25. The number of benzene rings is 3. The van der Waals surface area contributed by atoms with Gasteiger partial charge in [-0.05, 0) is 0 Å². The second-order valence-electron chi connectivity index (χ2n) is 5.44. The molecule has 1 radical (unpaired) electrons. The van der Waals surface area contributed by atoms with Gasteiger partial charge in [-0.2, -0.15) is 0 Å². The third kappa shape index (κ3) is 13.4. The molecule has 0 fully saturated rings. The van der Waals surface area contributed by atoms with E-state index in [0.717, 1.165) is 0 Å². The monoisotopic (exact) mass is 665 g/mol. The average molecular weight is 661 g/mol. The molecule has 0 heterocycles. The van der Waals surface area contributed by atoms with Crippen LogP contribution in [-0.2, 0) is 0 Å². The van der Waals surface area contributed by atoms with E-state index in [4.69, 9.17) is 0 Å². The first-order valence-electron chi connectivity index (χ1n) is 7.58. The SMILES string of the molecule is Cc1ccc([Se-])cc1.Cc1ccc([Se-])cc1.Cc1ccc([Se-])cc1.[Sm+3]. The van der Waals surface area contributed by atoms with Gasteiger partial charge in [-0.3, -0.25) is 0 Å². The molecular formula is C21H21Se3Sm. The van der Waals surface area contributed by atoms with Crippen molar-refractivity contribution in [3.8, 4) is 0 Å². The quantitative estimate of drug-likeness (QED) is 0.325. The molecule has 0 saturated heterocycles. The second kappa shape index (κ2) is 14.6. The molecule has 4 heteroatoms. The molecule has 0 atom stereocenters. The van der Waals surface area contributed by atoms with Crippen LogP contribution in [-0.4, -0.2) is 48.0 Å². The zero-order valence-electron chi connectivity index (χ0n) is 14.6. The first-order valence-corrected chi connectivity index (χ1v) is 10.1. The predicted octanol–water partition coefficient (Wildman–Crippen LogP) is 2.37. The zero-order valence-corrected chi connectivity index (χ0v) is 22.3. The molecule has 25 heavy (non-hydrogen) atoms. The van der Waals surface area contributed by atoms with Crippen LogP contribution in [0.1, 0.15) is 16.7 Å². The molecule has 0 N–H and O–H groups in total. The maximum Gasteiger partial charge on any atom is 3.00 e. The van der Waals surface area contributed by atoms with Gasteiger partial charge in [0, 0.05) is 0 Å². The minimum atomic E-state index is 0. The number of hydrogen-bond acceptors (Lipinski definition) is 0. The standard InChI is InChI=1S/3C7H8Se.Sm/c3*1-6-2-4-7(8)5-3-6;/h3*2-5,8H,1H3;/q;;;+3/p-3. The van der Waals surface area contributed by atoms with E-state index in [1.807, 2.05) is 0 Å². The largest absolute Gasteiger partial charge is 3.00 e. The molecule has 0 aromatic heterocycles. The van der Waals surface area contributed by atoms with Crippen molar-refractivity contribution in [1.29, 1.82) is 0 Å². The van der Waals surface area contributed by atoms with Crippen molar-refractivity contribution in [3.63, 3.8) is 0 Å². The average Bonchev–Trinajstić information content (AvgIpc) is 2.57. The van der Waals surface area contributed by atoms with Crippen LogP contribution in [0.25, 0.3) is 0 Å². The maximum absolute atomic E-state index is 2.93. The molecule has 0 saturated carbocycles. The summed E-state index contributed by atoms with van der Waals surface area (Å²) in [5.41, 5.74) is 3.93. The van der Waals surface area contributed by atoms with Gasteiger partial charge >= 0.3 is 212 Å². The molecule has 0 nitrogen and oxygen atoms in total. The smallest absolute Gasteiger partial charge is 3.00 e. The van der Waals surface area contributed by atoms with E-state index in [1.54, 1.807) is 0 Å². The molecule has 0 aliphatic heterocycles. The van der Waals surface area contributed by atoms with Crippen LogP contribution in [0.2, 0.25) is 0 Å². The molecule has 0 amide bonds. The molecule has 129 valence electrons. The first-order chi connectivity index (χ1) is 11.4. The summed E-state index contributed by atoms with van der Waals surface area (Å²) in [4.78, 5) is 0. The van der Waals surface area contributed by atoms with Crippen LogP contribution in [0.5, 0.6) is 0 Å². The van der Waals surface area contributed by atoms with E-state index in [1.165, 1.54) is 30.1 Å². The van der Waals surface area contributed by atoms with E-state index < -0.39 is 0 Å². The summed E-state index contributed by atoms with van der Waals surface area (Å²) in [6.07, 6.45) is 0. The molecule has 3 aromatic carbocycles. The molecule has 0 aliphatic carbocycles. The fraction of sp³-hybridized carbons (Fsp3) is 0.143. The minimum Gasteiger partial charge on any atom is 3.00 e. The van der Waals surface area contributed by atoms with Gasteiger partial charge in [-0.1, -0.05) is 0 Å². The zero-order chi connectivity index (χ0) is 17.9. The van der Waals surface area contributed by atoms with Crippen LogP contribution < -0.4 is 13.4 Å². The van der Waals surface area contributed by atoms with Crippen molar-refractivity contribution < 1.29 is 40.4 Å². The fourth-order valence-corrected chi connectivity index (χ4v) is 2.47. The van der Waals surface area contributed by atoms with Gasteiger partial charge in [-0.15, -0.1) is 0 Å². The summed E-state index contributed by atoms with van der Waals surface area (Å²) in [5, 5.41) is 0. The van der Waals surface area contributed by atoms with E-state index in [9.17, 15) is 0 Å². The summed E-state index contributed by atoms with van der Waals surface area (Å²) < 4.78 is 3.61. The van der Waals surface area contributed by atoms with Crippen LogP contribution in [0.3, 0.4) is 0 Å². The molecule has 3 aromatic rings. The topological polar surface area (TPSA) is 0 Å². The Kier molecular flexibility index (Phi) is 14.9. The van der Waals surface area contributed by atoms with Gasteiger partial charge in [0.25, 0.3) is 0 Å². The Hall–Kier alpha value is 0.556. The van der Waals surface area contributed by atoms with Crippen molar-refractivity contribution in [2.45, 2.75) is 20.8 Å². The van der Waals surface area contributed by atoms with Crippen LogP contribution >= 0.6 is 0 Å². The van der Waals surface area contributed by atoms with E-state index >= 15 is 0 Å². The minimum absolute atomic E-state index is 0. The Morgan fingerprint density at radius 3 is 0.680 bits per heavy atom. The molecule has 0 bridgehead atoms. The summed E-state index contributed by atoms with van der Waals surface area (Å²) in [5.74, 6) is 0. The van der Waals surface area contributed by atoms with Crippen molar-refractivity contribution in [2.24, 2.45) is 0 Å². The Morgan fingerprint density at radius 2 is 0.560 bits per heavy atom. The van der Waals surface area contributed by atoms with Crippen LogP contribution in [0.4, 0.5) is 0 Å². The molecule has 0 spiro atoms. The Labute approximate surface area is 209 Å². The predicted molar refractivity (Wildman–Crippen MR) is 110 cm³/mol. The van der Waals surface area contributed by atoms with Crippen molar-refractivity contribution in [2.75, 3.05) is 0 Å². The molecule has 0 aliphatic rings. The molecule has 3 rings (SSSR count). The number of rotatable bonds is 0. The van der Waals surface area contributed by atoms with Gasteiger partial charge < -0.3 is 0 Å². The van der Waals surface area contributed by atoms with E-state index in [2.05, 4.69) is 142 Å². The Bertz CT molecular complexity index is 539. The summed E-state index contributed by atoms with van der Waals surface area (Å²) in [6, 6.07) is 24.9. The van der Waals surface area contributed by atoms with Gasteiger partial charge in [0.15, 0.2) is 0 Å².